The molecule has 3 rings (SSSR count). The predicted molar refractivity (Wildman–Crippen MR) is 89.6 cm³/mol. The first-order valence-electron chi connectivity index (χ1n) is 8.82. The molecule has 0 spiro atoms. The topological polar surface area (TPSA) is 15.3 Å². The number of hydrogen-bond acceptors (Lipinski definition) is 2. The minimum atomic E-state index is 0.360. The van der Waals surface area contributed by atoms with E-state index in [9.17, 15) is 0 Å². The van der Waals surface area contributed by atoms with E-state index in [4.69, 9.17) is 0 Å². The van der Waals surface area contributed by atoms with Gasteiger partial charge in [0.2, 0.25) is 0 Å². The zero-order valence-electron chi connectivity index (χ0n) is 13.7. The first-order chi connectivity index (χ1) is 10.3. The second-order valence-corrected chi connectivity index (χ2v) is 6.85. The minimum absolute atomic E-state index is 0.360. The van der Waals surface area contributed by atoms with Gasteiger partial charge in [0.25, 0.3) is 0 Å². The predicted octanol–water partition coefficient (Wildman–Crippen LogP) is 4.05. The fraction of sp³-hybridized carbons (Fsp3) is 0.684. The molecule has 1 saturated heterocycles. The van der Waals surface area contributed by atoms with Gasteiger partial charge in [0.15, 0.2) is 0 Å². The number of nitrogens with one attached hydrogen (secondary N) is 1. The third-order valence-electron chi connectivity index (χ3n) is 5.65. The van der Waals surface area contributed by atoms with Crippen LogP contribution >= 0.6 is 0 Å². The van der Waals surface area contributed by atoms with Crippen LogP contribution in [0.25, 0.3) is 0 Å². The van der Waals surface area contributed by atoms with Crippen molar-refractivity contribution in [2.24, 2.45) is 0 Å². The Hall–Kier alpha value is -0.860. The van der Waals surface area contributed by atoms with Crippen LogP contribution in [-0.4, -0.2) is 30.1 Å². The van der Waals surface area contributed by atoms with Gasteiger partial charge < -0.3 is 5.32 Å². The number of likely N-dealkylation sites (tertiary alicyclic amines) is 1. The molecule has 0 amide bonds. The van der Waals surface area contributed by atoms with E-state index in [0.29, 0.717) is 11.6 Å². The molecule has 2 heteroatoms. The summed E-state index contributed by atoms with van der Waals surface area (Å²) >= 11 is 0. The molecule has 1 saturated carbocycles. The van der Waals surface area contributed by atoms with E-state index in [1.807, 2.05) is 0 Å². The van der Waals surface area contributed by atoms with Gasteiger partial charge in [-0.25, -0.2) is 0 Å². The lowest BCUT2D eigenvalue weighted by Crippen LogP contribution is -2.54. The van der Waals surface area contributed by atoms with Crippen LogP contribution in [-0.2, 0) is 0 Å². The van der Waals surface area contributed by atoms with Crippen LogP contribution in [0.5, 0.6) is 0 Å². The van der Waals surface area contributed by atoms with Gasteiger partial charge in [-0.2, -0.15) is 0 Å². The normalized spacial score (nSPS) is 23.5. The highest BCUT2D eigenvalue weighted by Crippen LogP contribution is 2.46. The van der Waals surface area contributed by atoms with E-state index < -0.39 is 0 Å². The van der Waals surface area contributed by atoms with E-state index >= 15 is 0 Å². The summed E-state index contributed by atoms with van der Waals surface area (Å²) in [5, 5.41) is 3.86. The summed E-state index contributed by atoms with van der Waals surface area (Å²) in [7, 11) is 0. The SMILES string of the molecule is CCNC(c1ccccc1C)C1(N2CCCC2)CCCC1. The second kappa shape index (κ2) is 6.50. The van der Waals surface area contributed by atoms with Gasteiger partial charge in [0.1, 0.15) is 0 Å². The Balaban J connectivity index is 1.99. The van der Waals surface area contributed by atoms with Crippen molar-refractivity contribution in [3.63, 3.8) is 0 Å². The molecular formula is C19H30N2. The molecule has 1 aliphatic carbocycles. The van der Waals surface area contributed by atoms with E-state index in [2.05, 4.69) is 48.3 Å². The van der Waals surface area contributed by atoms with E-state index in [0.717, 1.165) is 6.54 Å². The molecule has 1 aliphatic heterocycles. The maximum absolute atomic E-state index is 3.86. The summed E-state index contributed by atoms with van der Waals surface area (Å²) in [5.41, 5.74) is 3.32. The van der Waals surface area contributed by atoms with Crippen molar-refractivity contribution in [1.29, 1.82) is 0 Å². The Bertz CT molecular complexity index is 456. The monoisotopic (exact) mass is 286 g/mol. The van der Waals surface area contributed by atoms with Crippen LogP contribution in [0.4, 0.5) is 0 Å². The molecule has 2 fully saturated rings. The second-order valence-electron chi connectivity index (χ2n) is 6.85. The highest BCUT2D eigenvalue weighted by atomic mass is 15.2. The van der Waals surface area contributed by atoms with Crippen LogP contribution in [0.3, 0.4) is 0 Å². The molecule has 0 aromatic heterocycles. The zero-order chi connectivity index (χ0) is 14.7. The standard InChI is InChI=1S/C19H30N2/c1-3-20-18(17-11-5-4-10-16(17)2)19(12-6-7-13-19)21-14-8-9-15-21/h4-5,10-11,18,20H,3,6-9,12-15H2,1-2H3. The number of rotatable bonds is 5. The van der Waals surface area contributed by atoms with Crippen molar-refractivity contribution in [2.75, 3.05) is 19.6 Å². The molecule has 0 radical (unpaired) electrons. The largest absolute Gasteiger partial charge is 0.309 e. The zero-order valence-corrected chi connectivity index (χ0v) is 13.7. The molecule has 2 nitrogen and oxygen atoms in total. The molecular weight excluding hydrogens is 256 g/mol. The lowest BCUT2D eigenvalue weighted by atomic mass is 9.80. The van der Waals surface area contributed by atoms with Crippen LogP contribution in [0.15, 0.2) is 24.3 Å². The third-order valence-corrected chi connectivity index (χ3v) is 5.65. The van der Waals surface area contributed by atoms with Crippen molar-refractivity contribution in [2.45, 2.75) is 64.0 Å². The maximum Gasteiger partial charge on any atom is 0.0509 e. The van der Waals surface area contributed by atoms with E-state index in [-0.39, 0.29) is 0 Å². The summed E-state index contributed by atoms with van der Waals surface area (Å²) in [5.74, 6) is 0. The summed E-state index contributed by atoms with van der Waals surface area (Å²) in [4.78, 5) is 2.82. The van der Waals surface area contributed by atoms with Crippen LogP contribution < -0.4 is 5.32 Å². The molecule has 1 atom stereocenters. The smallest absolute Gasteiger partial charge is 0.0509 e. The van der Waals surface area contributed by atoms with Crippen molar-refractivity contribution in [3.05, 3.63) is 35.4 Å². The molecule has 1 N–H and O–H groups in total. The van der Waals surface area contributed by atoms with Crippen LogP contribution in [0.2, 0.25) is 0 Å². The maximum atomic E-state index is 3.86. The molecule has 0 bridgehead atoms. The Morgan fingerprint density at radius 3 is 2.38 bits per heavy atom. The molecule has 21 heavy (non-hydrogen) atoms. The van der Waals surface area contributed by atoms with E-state index in [1.54, 1.807) is 0 Å². The first-order valence-corrected chi connectivity index (χ1v) is 8.82. The van der Waals surface area contributed by atoms with E-state index in [1.165, 1.54) is 62.7 Å². The Labute approximate surface area is 129 Å². The van der Waals surface area contributed by atoms with Gasteiger partial charge in [0.05, 0.1) is 6.04 Å². The molecule has 1 unspecified atom stereocenters. The lowest BCUT2D eigenvalue weighted by molar-refractivity contribution is 0.0768. The van der Waals surface area contributed by atoms with Crippen molar-refractivity contribution >= 4 is 0 Å². The highest BCUT2D eigenvalue weighted by Gasteiger charge is 2.47. The molecule has 1 aromatic carbocycles. The fourth-order valence-electron chi connectivity index (χ4n) is 4.64. The number of aryl methyl sites for hydroxylation is 1. The Kier molecular flexibility index (Phi) is 4.66. The number of nitrogens with zero attached hydrogens (tertiary/aromatic N) is 1. The van der Waals surface area contributed by atoms with Gasteiger partial charge >= 0.3 is 0 Å². The van der Waals surface area contributed by atoms with Gasteiger partial charge in [-0.05, 0) is 63.4 Å². The van der Waals surface area contributed by atoms with Gasteiger partial charge in [-0.1, -0.05) is 44.0 Å². The van der Waals surface area contributed by atoms with Gasteiger partial charge in [0, 0.05) is 5.54 Å². The van der Waals surface area contributed by atoms with Crippen molar-refractivity contribution in [3.8, 4) is 0 Å². The number of hydrogen-bond donors (Lipinski definition) is 1. The third kappa shape index (κ3) is 2.76. The Morgan fingerprint density at radius 1 is 1.10 bits per heavy atom. The van der Waals surface area contributed by atoms with Crippen molar-refractivity contribution < 1.29 is 0 Å². The molecule has 2 aliphatic rings. The summed E-state index contributed by atoms with van der Waals surface area (Å²) < 4.78 is 0. The van der Waals surface area contributed by atoms with Crippen LogP contribution in [0.1, 0.15) is 62.6 Å². The summed E-state index contributed by atoms with van der Waals surface area (Å²) in [6, 6.07) is 9.48. The number of benzene rings is 1. The van der Waals surface area contributed by atoms with Gasteiger partial charge in [-0.3, -0.25) is 4.90 Å². The highest BCUT2D eigenvalue weighted by molar-refractivity contribution is 5.32. The van der Waals surface area contributed by atoms with Gasteiger partial charge in [-0.15, -0.1) is 0 Å². The average Bonchev–Trinajstić information content (AvgIpc) is 3.17. The quantitative estimate of drug-likeness (QED) is 0.878. The first kappa shape index (κ1) is 15.1. The molecule has 1 heterocycles. The number of likely N-dealkylation sites (N-methyl/N-ethyl adjacent to an activating group) is 1. The summed E-state index contributed by atoms with van der Waals surface area (Å²) in [6.45, 7) is 8.17. The fourth-order valence-corrected chi connectivity index (χ4v) is 4.64. The lowest BCUT2D eigenvalue weighted by Gasteiger charge is -2.46. The van der Waals surface area contributed by atoms with Crippen LogP contribution in [0, 0.1) is 6.92 Å². The molecule has 116 valence electrons. The van der Waals surface area contributed by atoms with Crippen molar-refractivity contribution in [1.82, 2.24) is 10.2 Å². The Morgan fingerprint density at radius 2 is 1.76 bits per heavy atom. The summed E-state index contributed by atoms with van der Waals surface area (Å²) in [6.07, 6.45) is 8.27. The molecule has 1 aromatic rings. The average molecular weight is 286 g/mol. The minimum Gasteiger partial charge on any atom is -0.309 e.